The SMILES string of the molecule is Cc1c2n(c3sccc13)CCCCCC2. The smallest absolute Gasteiger partial charge is 0.103 e. The summed E-state index contributed by atoms with van der Waals surface area (Å²) in [7, 11) is 0. The van der Waals surface area contributed by atoms with Gasteiger partial charge in [-0.2, -0.15) is 0 Å². The lowest BCUT2D eigenvalue weighted by Crippen LogP contribution is -2.06. The Morgan fingerprint density at radius 3 is 3.00 bits per heavy atom. The van der Waals surface area contributed by atoms with Crippen LogP contribution in [0.15, 0.2) is 11.4 Å². The van der Waals surface area contributed by atoms with E-state index in [9.17, 15) is 0 Å². The fraction of sp³-hybridized carbons (Fsp3) is 0.538. The van der Waals surface area contributed by atoms with Gasteiger partial charge >= 0.3 is 0 Å². The molecule has 2 heteroatoms. The lowest BCUT2D eigenvalue weighted by atomic mass is 10.1. The second-order valence-corrected chi connectivity index (χ2v) is 5.42. The normalized spacial score (nSPS) is 17.4. The van der Waals surface area contributed by atoms with Gasteiger partial charge in [0.2, 0.25) is 0 Å². The fourth-order valence-electron chi connectivity index (χ4n) is 2.75. The van der Waals surface area contributed by atoms with Gasteiger partial charge in [0.05, 0.1) is 0 Å². The summed E-state index contributed by atoms with van der Waals surface area (Å²) in [4.78, 5) is 1.50. The molecule has 0 amide bonds. The lowest BCUT2D eigenvalue weighted by Gasteiger charge is -2.14. The van der Waals surface area contributed by atoms with Gasteiger partial charge in [0.15, 0.2) is 0 Å². The van der Waals surface area contributed by atoms with E-state index in [4.69, 9.17) is 0 Å². The summed E-state index contributed by atoms with van der Waals surface area (Å²) in [6.45, 7) is 3.53. The standard InChI is InChI=1S/C13H17NS/c1-10-11-7-9-15-13(11)14-8-5-3-2-4-6-12(10)14/h7,9H,2-6,8H2,1H3. The highest BCUT2D eigenvalue weighted by atomic mass is 32.1. The number of hydrogen-bond donors (Lipinski definition) is 0. The Labute approximate surface area is 94.7 Å². The first-order valence-corrected chi connectivity index (χ1v) is 6.81. The van der Waals surface area contributed by atoms with E-state index in [0.29, 0.717) is 0 Å². The predicted molar refractivity (Wildman–Crippen MR) is 66.7 cm³/mol. The van der Waals surface area contributed by atoms with Gasteiger partial charge in [0.1, 0.15) is 4.83 Å². The summed E-state index contributed by atoms with van der Waals surface area (Å²) >= 11 is 1.90. The lowest BCUT2D eigenvalue weighted by molar-refractivity contribution is 0.531. The van der Waals surface area contributed by atoms with Gasteiger partial charge < -0.3 is 4.57 Å². The minimum Gasteiger partial charge on any atom is -0.336 e. The average Bonchev–Trinajstić information content (AvgIpc) is 2.72. The molecule has 1 nitrogen and oxygen atoms in total. The van der Waals surface area contributed by atoms with Crippen LogP contribution in [0.25, 0.3) is 10.2 Å². The molecule has 3 heterocycles. The molecule has 0 spiro atoms. The largest absolute Gasteiger partial charge is 0.336 e. The van der Waals surface area contributed by atoms with Crippen LogP contribution in [0, 0.1) is 6.92 Å². The third-order valence-electron chi connectivity index (χ3n) is 3.60. The summed E-state index contributed by atoms with van der Waals surface area (Å²) in [6, 6.07) is 2.28. The van der Waals surface area contributed by atoms with Crippen LogP contribution < -0.4 is 0 Å². The molecule has 0 radical (unpaired) electrons. The number of aryl methyl sites for hydroxylation is 2. The van der Waals surface area contributed by atoms with Gasteiger partial charge in [0.25, 0.3) is 0 Å². The maximum Gasteiger partial charge on any atom is 0.103 e. The zero-order valence-corrected chi connectivity index (χ0v) is 10.1. The van der Waals surface area contributed by atoms with E-state index < -0.39 is 0 Å². The summed E-state index contributed by atoms with van der Waals surface area (Å²) in [5, 5.41) is 3.72. The Balaban J connectivity index is 2.20. The number of hydrogen-bond acceptors (Lipinski definition) is 1. The first kappa shape index (κ1) is 9.46. The Morgan fingerprint density at radius 1 is 1.20 bits per heavy atom. The minimum absolute atomic E-state index is 1.24. The van der Waals surface area contributed by atoms with Crippen molar-refractivity contribution in [3.63, 3.8) is 0 Å². The van der Waals surface area contributed by atoms with E-state index in [-0.39, 0.29) is 0 Å². The van der Waals surface area contributed by atoms with E-state index in [0.717, 1.165) is 0 Å². The van der Waals surface area contributed by atoms with Crippen molar-refractivity contribution < 1.29 is 0 Å². The molecular formula is C13H17NS. The quantitative estimate of drug-likeness (QED) is 0.628. The van der Waals surface area contributed by atoms with Crippen molar-refractivity contribution in [3.05, 3.63) is 22.7 Å². The molecule has 2 aromatic rings. The van der Waals surface area contributed by atoms with Crippen LogP contribution in [0.3, 0.4) is 0 Å². The maximum absolute atomic E-state index is 2.58. The molecule has 2 aromatic heterocycles. The first-order chi connectivity index (χ1) is 7.38. The fourth-order valence-corrected chi connectivity index (χ4v) is 3.76. The van der Waals surface area contributed by atoms with Crippen LogP contribution in [0.1, 0.15) is 36.9 Å². The van der Waals surface area contributed by atoms with Crippen molar-refractivity contribution in [1.82, 2.24) is 4.57 Å². The zero-order valence-electron chi connectivity index (χ0n) is 9.25. The summed E-state index contributed by atoms with van der Waals surface area (Å²) < 4.78 is 2.58. The van der Waals surface area contributed by atoms with Gasteiger partial charge in [0, 0.05) is 17.6 Å². The molecule has 0 atom stereocenters. The van der Waals surface area contributed by atoms with Crippen LogP contribution in [-0.2, 0) is 13.0 Å². The Hall–Kier alpha value is -0.760. The van der Waals surface area contributed by atoms with Gasteiger partial charge in [-0.1, -0.05) is 12.8 Å². The first-order valence-electron chi connectivity index (χ1n) is 5.93. The minimum atomic E-state index is 1.24. The molecule has 1 aliphatic rings. The third kappa shape index (κ3) is 1.43. The predicted octanol–water partition coefficient (Wildman–Crippen LogP) is 4.13. The molecule has 1 aliphatic heterocycles. The van der Waals surface area contributed by atoms with Crippen LogP contribution in [-0.4, -0.2) is 4.57 Å². The molecule has 0 aliphatic carbocycles. The van der Waals surface area contributed by atoms with Crippen molar-refractivity contribution in [2.75, 3.05) is 0 Å². The average molecular weight is 219 g/mol. The molecule has 0 N–H and O–H groups in total. The molecule has 0 bridgehead atoms. The van der Waals surface area contributed by atoms with E-state index in [2.05, 4.69) is 22.9 Å². The Bertz CT molecular complexity index is 478. The van der Waals surface area contributed by atoms with Crippen molar-refractivity contribution in [2.24, 2.45) is 0 Å². The van der Waals surface area contributed by atoms with Crippen molar-refractivity contribution in [3.8, 4) is 0 Å². The van der Waals surface area contributed by atoms with Crippen LogP contribution in [0.2, 0.25) is 0 Å². The van der Waals surface area contributed by atoms with E-state index in [1.165, 1.54) is 54.4 Å². The van der Waals surface area contributed by atoms with Crippen molar-refractivity contribution >= 4 is 21.6 Å². The molecule has 3 rings (SSSR count). The number of fused-ring (bicyclic) bond motifs is 3. The summed E-state index contributed by atoms with van der Waals surface area (Å²) in [5.41, 5.74) is 3.14. The number of thiophene rings is 1. The topological polar surface area (TPSA) is 4.93 Å². The molecule has 0 saturated heterocycles. The van der Waals surface area contributed by atoms with E-state index in [1.807, 2.05) is 11.3 Å². The molecule has 0 unspecified atom stereocenters. The summed E-state index contributed by atoms with van der Waals surface area (Å²) in [5.74, 6) is 0. The highest BCUT2D eigenvalue weighted by Crippen LogP contribution is 2.32. The highest BCUT2D eigenvalue weighted by molar-refractivity contribution is 7.16. The number of aromatic nitrogens is 1. The second kappa shape index (κ2) is 3.67. The molecule has 0 fully saturated rings. The molecule has 15 heavy (non-hydrogen) atoms. The van der Waals surface area contributed by atoms with Gasteiger partial charge in [-0.05, 0) is 43.2 Å². The highest BCUT2D eigenvalue weighted by Gasteiger charge is 2.15. The molecule has 0 saturated carbocycles. The van der Waals surface area contributed by atoms with Crippen molar-refractivity contribution in [1.29, 1.82) is 0 Å². The van der Waals surface area contributed by atoms with Crippen molar-refractivity contribution in [2.45, 2.75) is 45.6 Å². The number of nitrogens with zero attached hydrogens (tertiary/aromatic N) is 1. The van der Waals surface area contributed by atoms with Gasteiger partial charge in [-0.25, -0.2) is 0 Å². The number of rotatable bonds is 0. The molecule has 80 valence electrons. The van der Waals surface area contributed by atoms with Crippen LogP contribution in [0.4, 0.5) is 0 Å². The third-order valence-corrected chi connectivity index (χ3v) is 4.53. The maximum atomic E-state index is 2.58. The second-order valence-electron chi connectivity index (χ2n) is 4.53. The monoisotopic (exact) mass is 219 g/mol. The summed E-state index contributed by atoms with van der Waals surface area (Å²) in [6.07, 6.45) is 6.83. The Kier molecular flexibility index (Phi) is 2.32. The van der Waals surface area contributed by atoms with Crippen LogP contribution >= 0.6 is 11.3 Å². The van der Waals surface area contributed by atoms with E-state index >= 15 is 0 Å². The molecular weight excluding hydrogens is 202 g/mol. The Morgan fingerprint density at radius 2 is 2.07 bits per heavy atom. The zero-order chi connectivity index (χ0) is 10.3. The van der Waals surface area contributed by atoms with E-state index in [1.54, 1.807) is 5.69 Å². The van der Waals surface area contributed by atoms with Gasteiger partial charge in [-0.15, -0.1) is 11.3 Å². The molecule has 0 aromatic carbocycles. The van der Waals surface area contributed by atoms with Crippen LogP contribution in [0.5, 0.6) is 0 Å². The van der Waals surface area contributed by atoms with Gasteiger partial charge in [-0.3, -0.25) is 0 Å².